The van der Waals surface area contributed by atoms with Crippen LogP contribution in [0.4, 0.5) is 4.79 Å². The summed E-state index contributed by atoms with van der Waals surface area (Å²) in [4.78, 5) is 24.5. The summed E-state index contributed by atoms with van der Waals surface area (Å²) in [5.74, 6) is 0.346. The second-order valence-electron chi connectivity index (χ2n) is 4.85. The van der Waals surface area contributed by atoms with E-state index in [-0.39, 0.29) is 12.1 Å². The van der Waals surface area contributed by atoms with Gasteiger partial charge < -0.3 is 20.1 Å². The molecule has 3 atom stereocenters. The Labute approximate surface area is 117 Å². The van der Waals surface area contributed by atoms with Gasteiger partial charge in [0.25, 0.3) is 0 Å². The van der Waals surface area contributed by atoms with Crippen LogP contribution >= 0.6 is 11.8 Å². The first-order chi connectivity index (χ1) is 8.99. The molecule has 0 radical (unpaired) electrons. The standard InChI is InChI=1S/C12H22N2O4S/c1-8(7-19-3)5-13-12(17)14-6-9(18-2)4-10(14)11(15)16/h8-10H,4-7H2,1-3H3,(H,13,17)(H,15,16). The monoisotopic (exact) mass is 290 g/mol. The van der Waals surface area contributed by atoms with E-state index in [2.05, 4.69) is 5.32 Å². The Morgan fingerprint density at radius 3 is 2.79 bits per heavy atom. The highest BCUT2D eigenvalue weighted by atomic mass is 32.2. The van der Waals surface area contributed by atoms with Gasteiger partial charge in [-0.3, -0.25) is 0 Å². The van der Waals surface area contributed by atoms with Gasteiger partial charge in [-0.2, -0.15) is 11.8 Å². The number of amides is 2. The minimum atomic E-state index is -0.980. The number of nitrogens with one attached hydrogen (secondary N) is 1. The zero-order valence-electron chi connectivity index (χ0n) is 11.6. The minimum absolute atomic E-state index is 0.199. The van der Waals surface area contributed by atoms with Gasteiger partial charge in [-0.15, -0.1) is 0 Å². The number of carboxylic acids is 1. The fraction of sp³-hybridized carbons (Fsp3) is 0.833. The maximum absolute atomic E-state index is 12.0. The molecule has 110 valence electrons. The number of carbonyl (C=O) groups is 2. The first-order valence-electron chi connectivity index (χ1n) is 6.28. The van der Waals surface area contributed by atoms with Crippen molar-refractivity contribution < 1.29 is 19.4 Å². The van der Waals surface area contributed by atoms with E-state index >= 15 is 0 Å². The number of carboxylic acid groups (broad SMARTS) is 1. The van der Waals surface area contributed by atoms with E-state index < -0.39 is 12.0 Å². The van der Waals surface area contributed by atoms with E-state index in [1.807, 2.05) is 13.2 Å². The summed E-state index contributed by atoms with van der Waals surface area (Å²) in [6.07, 6.45) is 2.16. The van der Waals surface area contributed by atoms with Crippen LogP contribution in [0.5, 0.6) is 0 Å². The Kier molecular flexibility index (Phi) is 6.44. The number of carbonyl (C=O) groups excluding carboxylic acids is 1. The summed E-state index contributed by atoms with van der Waals surface area (Å²) < 4.78 is 5.15. The number of hydrogen-bond donors (Lipinski definition) is 2. The molecule has 0 aromatic carbocycles. The molecule has 1 rings (SSSR count). The molecular weight excluding hydrogens is 268 g/mol. The number of ether oxygens (including phenoxy) is 1. The van der Waals surface area contributed by atoms with Gasteiger partial charge >= 0.3 is 12.0 Å². The van der Waals surface area contributed by atoms with E-state index in [0.717, 1.165) is 5.75 Å². The molecule has 3 unspecified atom stereocenters. The highest BCUT2D eigenvalue weighted by Gasteiger charge is 2.39. The number of methoxy groups -OCH3 is 1. The first-order valence-corrected chi connectivity index (χ1v) is 7.68. The van der Waals surface area contributed by atoms with Crippen molar-refractivity contribution in [3.8, 4) is 0 Å². The third-order valence-corrected chi connectivity index (χ3v) is 4.10. The number of likely N-dealkylation sites (tertiary alicyclic amines) is 1. The summed E-state index contributed by atoms with van der Waals surface area (Å²) in [7, 11) is 1.53. The predicted octanol–water partition coefficient (Wildman–Crippen LogP) is 0.869. The van der Waals surface area contributed by atoms with Crippen LogP contribution in [0.25, 0.3) is 0 Å². The second kappa shape index (κ2) is 7.59. The number of hydrogen-bond acceptors (Lipinski definition) is 4. The van der Waals surface area contributed by atoms with Crippen LogP contribution < -0.4 is 5.32 Å². The molecule has 0 aromatic heterocycles. The van der Waals surface area contributed by atoms with Gasteiger partial charge in [0.1, 0.15) is 6.04 Å². The van der Waals surface area contributed by atoms with Crippen molar-refractivity contribution in [2.24, 2.45) is 5.92 Å². The van der Waals surface area contributed by atoms with Gasteiger partial charge in [0.05, 0.1) is 6.10 Å². The molecule has 6 nitrogen and oxygen atoms in total. The van der Waals surface area contributed by atoms with Gasteiger partial charge in [-0.1, -0.05) is 6.92 Å². The maximum Gasteiger partial charge on any atom is 0.326 e. The molecule has 1 fully saturated rings. The molecule has 0 aliphatic carbocycles. The Bertz CT molecular complexity index is 327. The minimum Gasteiger partial charge on any atom is -0.480 e. The number of thioether (sulfide) groups is 1. The van der Waals surface area contributed by atoms with Crippen molar-refractivity contribution in [2.45, 2.75) is 25.5 Å². The van der Waals surface area contributed by atoms with E-state index in [1.54, 1.807) is 11.8 Å². The average Bonchev–Trinajstić information content (AvgIpc) is 2.80. The Hall–Kier alpha value is -0.950. The highest BCUT2D eigenvalue weighted by molar-refractivity contribution is 7.98. The van der Waals surface area contributed by atoms with E-state index in [9.17, 15) is 9.59 Å². The van der Waals surface area contributed by atoms with Crippen LogP contribution in [0.1, 0.15) is 13.3 Å². The van der Waals surface area contributed by atoms with Crippen LogP contribution in [0, 0.1) is 5.92 Å². The summed E-state index contributed by atoms with van der Waals surface area (Å²) in [6.45, 7) is 2.93. The van der Waals surface area contributed by atoms with Gasteiger partial charge in [0.15, 0.2) is 0 Å². The fourth-order valence-corrected chi connectivity index (χ4v) is 2.82. The van der Waals surface area contributed by atoms with E-state index in [0.29, 0.717) is 25.4 Å². The van der Waals surface area contributed by atoms with Crippen LogP contribution in [-0.4, -0.2) is 66.4 Å². The number of nitrogens with zero attached hydrogens (tertiary/aromatic N) is 1. The lowest BCUT2D eigenvalue weighted by Gasteiger charge is -2.22. The lowest BCUT2D eigenvalue weighted by molar-refractivity contribution is -0.141. The predicted molar refractivity (Wildman–Crippen MR) is 74.5 cm³/mol. The third-order valence-electron chi connectivity index (χ3n) is 3.19. The molecule has 2 N–H and O–H groups in total. The molecule has 7 heteroatoms. The summed E-state index contributed by atoms with van der Waals surface area (Å²) in [5, 5.41) is 11.9. The Balaban J connectivity index is 2.52. The number of aliphatic carboxylic acids is 1. The molecule has 0 aromatic rings. The van der Waals surface area contributed by atoms with Crippen molar-refractivity contribution in [1.29, 1.82) is 0 Å². The van der Waals surface area contributed by atoms with Gasteiger partial charge in [-0.05, 0) is 17.9 Å². The lowest BCUT2D eigenvalue weighted by atomic mass is 10.2. The molecule has 1 aliphatic rings. The summed E-state index contributed by atoms with van der Waals surface area (Å²) >= 11 is 1.72. The smallest absolute Gasteiger partial charge is 0.326 e. The van der Waals surface area contributed by atoms with Crippen LogP contribution in [0.3, 0.4) is 0 Å². The zero-order chi connectivity index (χ0) is 14.4. The number of urea groups is 1. The highest BCUT2D eigenvalue weighted by Crippen LogP contribution is 2.20. The van der Waals surface area contributed by atoms with Crippen molar-refractivity contribution in [2.75, 3.05) is 32.2 Å². The first kappa shape index (κ1) is 16.1. The van der Waals surface area contributed by atoms with E-state index in [1.165, 1.54) is 12.0 Å². The Morgan fingerprint density at radius 2 is 2.26 bits per heavy atom. The quantitative estimate of drug-likeness (QED) is 0.759. The largest absolute Gasteiger partial charge is 0.480 e. The van der Waals surface area contributed by atoms with Crippen LogP contribution in [0.2, 0.25) is 0 Å². The molecule has 2 amide bonds. The van der Waals surface area contributed by atoms with Crippen molar-refractivity contribution in [3.63, 3.8) is 0 Å². The van der Waals surface area contributed by atoms with Gasteiger partial charge in [0.2, 0.25) is 0 Å². The molecule has 0 spiro atoms. The molecule has 0 bridgehead atoms. The average molecular weight is 290 g/mol. The lowest BCUT2D eigenvalue weighted by Crippen LogP contribution is -2.47. The SMILES string of the molecule is COC1CC(C(=O)O)N(C(=O)NCC(C)CSC)C1. The van der Waals surface area contributed by atoms with Gasteiger partial charge in [-0.25, -0.2) is 9.59 Å². The molecule has 1 heterocycles. The van der Waals surface area contributed by atoms with E-state index in [4.69, 9.17) is 9.84 Å². The topological polar surface area (TPSA) is 78.9 Å². The summed E-state index contributed by atoms with van der Waals surface area (Å²) in [5.41, 5.74) is 0. The molecule has 1 saturated heterocycles. The number of rotatable bonds is 6. The zero-order valence-corrected chi connectivity index (χ0v) is 12.4. The van der Waals surface area contributed by atoms with Crippen LogP contribution in [-0.2, 0) is 9.53 Å². The maximum atomic E-state index is 12.0. The molecule has 1 aliphatic heterocycles. The summed E-state index contributed by atoms with van der Waals surface area (Å²) in [6, 6.07) is -1.11. The third kappa shape index (κ3) is 4.58. The van der Waals surface area contributed by atoms with Crippen molar-refractivity contribution >= 4 is 23.8 Å². The fourth-order valence-electron chi connectivity index (χ4n) is 2.13. The molecule has 0 saturated carbocycles. The van der Waals surface area contributed by atoms with Crippen LogP contribution in [0.15, 0.2) is 0 Å². The van der Waals surface area contributed by atoms with Crippen molar-refractivity contribution in [3.05, 3.63) is 0 Å². The van der Waals surface area contributed by atoms with Gasteiger partial charge in [0, 0.05) is 26.6 Å². The molecule has 19 heavy (non-hydrogen) atoms. The van der Waals surface area contributed by atoms with Crippen molar-refractivity contribution in [1.82, 2.24) is 10.2 Å². The second-order valence-corrected chi connectivity index (χ2v) is 5.76. The molecular formula is C12H22N2O4S. The Morgan fingerprint density at radius 1 is 1.58 bits per heavy atom. The normalized spacial score (nSPS) is 24.3.